The summed E-state index contributed by atoms with van der Waals surface area (Å²) in [5.74, 6) is 1.65. The molecule has 3 rings (SSSR count). The van der Waals surface area contributed by atoms with Crippen LogP contribution in [-0.2, 0) is 12.8 Å². The molecule has 104 valence electrons. The molecule has 1 N–H and O–H groups in total. The molecule has 0 aliphatic heterocycles. The van der Waals surface area contributed by atoms with Crippen molar-refractivity contribution in [2.45, 2.75) is 32.6 Å². The predicted molar refractivity (Wildman–Crippen MR) is 81.1 cm³/mol. The maximum absolute atomic E-state index is 5.88. The first-order chi connectivity index (χ1) is 9.78. The van der Waals surface area contributed by atoms with Gasteiger partial charge in [0.2, 0.25) is 0 Å². The largest absolute Gasteiger partial charge is 0.370 e. The number of hydrogen-bond acceptors (Lipinski definition) is 4. The fraction of sp³-hybridized carbons (Fsp3) is 0.400. The highest BCUT2D eigenvalue weighted by Crippen LogP contribution is 2.28. The lowest BCUT2D eigenvalue weighted by atomic mass is 10.2. The number of anilines is 1. The van der Waals surface area contributed by atoms with Crippen molar-refractivity contribution in [2.75, 3.05) is 11.9 Å². The summed E-state index contributed by atoms with van der Waals surface area (Å²) in [5.41, 5.74) is 3.20. The van der Waals surface area contributed by atoms with Crippen molar-refractivity contribution < 1.29 is 0 Å². The fourth-order valence-corrected chi connectivity index (χ4v) is 2.56. The maximum Gasteiger partial charge on any atom is 0.180 e. The monoisotopic (exact) mass is 288 g/mol. The van der Waals surface area contributed by atoms with Crippen LogP contribution in [0.4, 0.5) is 5.82 Å². The fourth-order valence-electron chi connectivity index (χ4n) is 2.44. The smallest absolute Gasteiger partial charge is 0.180 e. The van der Waals surface area contributed by atoms with Gasteiger partial charge in [0.15, 0.2) is 5.82 Å². The zero-order valence-electron chi connectivity index (χ0n) is 11.5. The van der Waals surface area contributed by atoms with Gasteiger partial charge in [0.05, 0.1) is 5.02 Å². The zero-order chi connectivity index (χ0) is 13.9. The summed E-state index contributed by atoms with van der Waals surface area (Å²) in [6.07, 6.45) is 5.96. The molecule has 0 spiro atoms. The molecule has 4 nitrogen and oxygen atoms in total. The molecule has 0 unspecified atom stereocenters. The molecule has 0 saturated carbocycles. The van der Waals surface area contributed by atoms with Gasteiger partial charge < -0.3 is 5.32 Å². The summed E-state index contributed by atoms with van der Waals surface area (Å²) in [5, 5.41) is 4.04. The molecule has 2 aromatic heterocycles. The van der Waals surface area contributed by atoms with Crippen LogP contribution in [0.2, 0.25) is 5.02 Å². The Morgan fingerprint density at radius 2 is 2.15 bits per heavy atom. The van der Waals surface area contributed by atoms with Crippen LogP contribution in [0.3, 0.4) is 0 Å². The minimum atomic E-state index is 0.624. The van der Waals surface area contributed by atoms with E-state index in [1.807, 2.05) is 12.1 Å². The Labute approximate surface area is 123 Å². The van der Waals surface area contributed by atoms with Crippen LogP contribution in [0.15, 0.2) is 18.3 Å². The SMILES string of the molecule is CCCNc1nc(-c2ccc(Cl)cn2)nc2c1CCC2. The van der Waals surface area contributed by atoms with Gasteiger partial charge in [-0.15, -0.1) is 0 Å². The zero-order valence-corrected chi connectivity index (χ0v) is 12.2. The Morgan fingerprint density at radius 1 is 1.25 bits per heavy atom. The molecule has 0 aromatic carbocycles. The number of pyridine rings is 1. The van der Waals surface area contributed by atoms with Crippen LogP contribution in [0.25, 0.3) is 11.5 Å². The molecular weight excluding hydrogens is 272 g/mol. The van der Waals surface area contributed by atoms with Gasteiger partial charge in [0, 0.05) is 24.0 Å². The van der Waals surface area contributed by atoms with E-state index < -0.39 is 0 Å². The third kappa shape index (κ3) is 2.61. The number of fused-ring (bicyclic) bond motifs is 1. The maximum atomic E-state index is 5.88. The van der Waals surface area contributed by atoms with E-state index in [2.05, 4.69) is 27.2 Å². The lowest BCUT2D eigenvalue weighted by molar-refractivity contribution is 0.899. The van der Waals surface area contributed by atoms with Crippen molar-refractivity contribution in [1.29, 1.82) is 0 Å². The van der Waals surface area contributed by atoms with E-state index in [-0.39, 0.29) is 0 Å². The highest BCUT2D eigenvalue weighted by atomic mass is 35.5. The normalized spacial score (nSPS) is 13.3. The predicted octanol–water partition coefficient (Wildman–Crippen LogP) is 3.50. The van der Waals surface area contributed by atoms with E-state index >= 15 is 0 Å². The second-order valence-corrected chi connectivity index (χ2v) is 5.40. The number of nitrogens with one attached hydrogen (secondary N) is 1. The summed E-state index contributed by atoms with van der Waals surface area (Å²) in [6.45, 7) is 3.08. The van der Waals surface area contributed by atoms with E-state index in [0.29, 0.717) is 10.8 Å². The van der Waals surface area contributed by atoms with E-state index in [1.165, 1.54) is 5.56 Å². The molecular formula is C15H17ClN4. The van der Waals surface area contributed by atoms with Crippen molar-refractivity contribution in [3.05, 3.63) is 34.6 Å². The minimum absolute atomic E-state index is 0.624. The number of halogens is 1. The second-order valence-electron chi connectivity index (χ2n) is 4.96. The molecule has 0 saturated heterocycles. The summed E-state index contributed by atoms with van der Waals surface area (Å²) in [7, 11) is 0. The van der Waals surface area contributed by atoms with Gasteiger partial charge >= 0.3 is 0 Å². The quantitative estimate of drug-likeness (QED) is 0.935. The first-order valence-corrected chi connectivity index (χ1v) is 7.41. The topological polar surface area (TPSA) is 50.7 Å². The van der Waals surface area contributed by atoms with Crippen molar-refractivity contribution in [1.82, 2.24) is 15.0 Å². The van der Waals surface area contributed by atoms with E-state index in [0.717, 1.165) is 49.4 Å². The number of nitrogens with zero attached hydrogens (tertiary/aromatic N) is 3. The minimum Gasteiger partial charge on any atom is -0.370 e. The van der Waals surface area contributed by atoms with Crippen LogP contribution >= 0.6 is 11.6 Å². The molecule has 20 heavy (non-hydrogen) atoms. The molecule has 5 heteroatoms. The summed E-state index contributed by atoms with van der Waals surface area (Å²) in [4.78, 5) is 13.6. The number of rotatable bonds is 4. The molecule has 2 heterocycles. The summed E-state index contributed by atoms with van der Waals surface area (Å²) < 4.78 is 0. The van der Waals surface area contributed by atoms with E-state index in [9.17, 15) is 0 Å². The summed E-state index contributed by atoms with van der Waals surface area (Å²) in [6, 6.07) is 3.68. The van der Waals surface area contributed by atoms with Crippen molar-refractivity contribution in [3.63, 3.8) is 0 Å². The molecule has 0 radical (unpaired) electrons. The van der Waals surface area contributed by atoms with E-state index in [4.69, 9.17) is 11.6 Å². The Hall–Kier alpha value is -1.68. The highest BCUT2D eigenvalue weighted by molar-refractivity contribution is 6.30. The number of hydrogen-bond donors (Lipinski definition) is 1. The number of aromatic nitrogens is 3. The van der Waals surface area contributed by atoms with Crippen molar-refractivity contribution in [3.8, 4) is 11.5 Å². The van der Waals surface area contributed by atoms with Gasteiger partial charge in [-0.1, -0.05) is 18.5 Å². The van der Waals surface area contributed by atoms with Gasteiger partial charge in [-0.2, -0.15) is 0 Å². The van der Waals surface area contributed by atoms with Crippen LogP contribution < -0.4 is 5.32 Å². The van der Waals surface area contributed by atoms with Crippen LogP contribution in [0.5, 0.6) is 0 Å². The second kappa shape index (κ2) is 5.75. The van der Waals surface area contributed by atoms with Crippen molar-refractivity contribution in [2.24, 2.45) is 0 Å². The van der Waals surface area contributed by atoms with Crippen LogP contribution in [-0.4, -0.2) is 21.5 Å². The van der Waals surface area contributed by atoms with Gasteiger partial charge in [-0.05, 0) is 37.8 Å². The van der Waals surface area contributed by atoms with Gasteiger partial charge in [-0.25, -0.2) is 9.97 Å². The molecule has 0 bridgehead atoms. The molecule has 1 aliphatic carbocycles. The average Bonchev–Trinajstić information content (AvgIpc) is 2.94. The molecule has 0 amide bonds. The first-order valence-electron chi connectivity index (χ1n) is 7.03. The van der Waals surface area contributed by atoms with Gasteiger partial charge in [-0.3, -0.25) is 4.98 Å². The molecule has 0 atom stereocenters. The third-order valence-electron chi connectivity index (χ3n) is 3.43. The van der Waals surface area contributed by atoms with Crippen LogP contribution in [0.1, 0.15) is 31.0 Å². The Balaban J connectivity index is 2.01. The highest BCUT2D eigenvalue weighted by Gasteiger charge is 2.19. The Bertz CT molecular complexity index is 610. The van der Waals surface area contributed by atoms with Gasteiger partial charge in [0.1, 0.15) is 11.5 Å². The van der Waals surface area contributed by atoms with Gasteiger partial charge in [0.25, 0.3) is 0 Å². The number of aryl methyl sites for hydroxylation is 1. The first kappa shape index (κ1) is 13.3. The molecule has 1 aliphatic rings. The standard InChI is InChI=1S/C15H17ClN4/c1-2-8-17-14-11-4-3-5-12(11)19-15(20-14)13-7-6-10(16)9-18-13/h6-7,9H,2-5,8H2,1H3,(H,17,19,20). The lowest BCUT2D eigenvalue weighted by Crippen LogP contribution is -2.08. The molecule has 2 aromatic rings. The average molecular weight is 289 g/mol. The lowest BCUT2D eigenvalue weighted by Gasteiger charge is -2.11. The van der Waals surface area contributed by atoms with Crippen LogP contribution in [0, 0.1) is 0 Å². The Morgan fingerprint density at radius 3 is 2.90 bits per heavy atom. The van der Waals surface area contributed by atoms with E-state index in [1.54, 1.807) is 6.20 Å². The molecule has 0 fully saturated rings. The third-order valence-corrected chi connectivity index (χ3v) is 3.66. The Kier molecular flexibility index (Phi) is 3.83. The van der Waals surface area contributed by atoms with Crippen molar-refractivity contribution >= 4 is 17.4 Å². The summed E-state index contributed by atoms with van der Waals surface area (Å²) >= 11 is 5.88.